The number of benzene rings is 1. The van der Waals surface area contributed by atoms with Gasteiger partial charge in [0.2, 0.25) is 11.8 Å². The molecule has 3 aromatic rings. The Kier molecular flexibility index (Phi) is 3.99. The second kappa shape index (κ2) is 5.77. The average molecular weight is 319 g/mol. The number of para-hydroxylation sites is 1. The lowest BCUT2D eigenvalue weighted by molar-refractivity contribution is 0.378. The van der Waals surface area contributed by atoms with Crippen LogP contribution in [0.3, 0.4) is 0 Å². The molecule has 0 atom stereocenters. The number of nitrogens with zero attached hydrogens (tertiary/aromatic N) is 3. The van der Waals surface area contributed by atoms with Crippen LogP contribution in [0.5, 0.6) is 0 Å². The molecule has 0 spiro atoms. The molecule has 0 aliphatic carbocycles. The smallest absolute Gasteiger partial charge is 0.226 e. The molecule has 3 rings (SSSR count). The molecule has 0 bridgehead atoms. The average Bonchev–Trinajstić information content (AvgIpc) is 3.03. The van der Waals surface area contributed by atoms with Gasteiger partial charge in [0, 0.05) is 11.2 Å². The summed E-state index contributed by atoms with van der Waals surface area (Å²) >= 11 is 3.49. The third-order valence-electron chi connectivity index (χ3n) is 2.90. The summed E-state index contributed by atoms with van der Waals surface area (Å²) in [5.74, 6) is 2.97. The molecule has 6 heteroatoms. The zero-order chi connectivity index (χ0) is 14.9. The van der Waals surface area contributed by atoms with Crippen molar-refractivity contribution in [2.45, 2.75) is 37.7 Å². The minimum atomic E-state index is -0.0943. The summed E-state index contributed by atoms with van der Waals surface area (Å²) in [5.41, 5.74) is 0.981. The Balaban J connectivity index is 1.59. The summed E-state index contributed by atoms with van der Waals surface area (Å²) in [6.45, 7) is 6.20. The summed E-state index contributed by atoms with van der Waals surface area (Å²) in [7, 11) is 0. The standard InChI is InChI=1S/C15H17N3OS2/c1-15(2,3)14-18-17-12(19-14)8-20-9-13-16-10-6-4-5-7-11(10)21-13/h4-7H,8-9H2,1-3H3. The number of thioether (sulfide) groups is 1. The Morgan fingerprint density at radius 2 is 1.95 bits per heavy atom. The molecule has 0 N–H and O–H groups in total. The van der Waals surface area contributed by atoms with Crippen molar-refractivity contribution in [3.63, 3.8) is 0 Å². The van der Waals surface area contributed by atoms with Gasteiger partial charge in [-0.25, -0.2) is 4.98 Å². The van der Waals surface area contributed by atoms with Crippen LogP contribution in [-0.2, 0) is 16.9 Å². The van der Waals surface area contributed by atoms with Crippen molar-refractivity contribution in [2.24, 2.45) is 0 Å². The molecule has 0 saturated carbocycles. The van der Waals surface area contributed by atoms with Gasteiger partial charge in [0.15, 0.2) is 0 Å². The summed E-state index contributed by atoms with van der Waals surface area (Å²) in [6, 6.07) is 8.22. The number of hydrogen-bond acceptors (Lipinski definition) is 6. The van der Waals surface area contributed by atoms with Gasteiger partial charge in [0.05, 0.1) is 16.0 Å². The van der Waals surface area contributed by atoms with E-state index in [9.17, 15) is 0 Å². The fourth-order valence-corrected chi connectivity index (χ4v) is 3.70. The summed E-state index contributed by atoms with van der Waals surface area (Å²) < 4.78 is 6.92. The van der Waals surface area contributed by atoms with Crippen LogP contribution in [0.15, 0.2) is 28.7 Å². The van der Waals surface area contributed by atoms with E-state index in [1.807, 2.05) is 18.2 Å². The monoisotopic (exact) mass is 319 g/mol. The van der Waals surface area contributed by atoms with E-state index in [0.717, 1.165) is 22.0 Å². The third kappa shape index (κ3) is 3.44. The largest absolute Gasteiger partial charge is 0.424 e. The van der Waals surface area contributed by atoms with Gasteiger partial charge in [0.25, 0.3) is 0 Å². The van der Waals surface area contributed by atoms with Crippen molar-refractivity contribution in [1.82, 2.24) is 15.2 Å². The van der Waals surface area contributed by atoms with E-state index in [2.05, 4.69) is 42.0 Å². The number of thiazole rings is 1. The lowest BCUT2D eigenvalue weighted by Crippen LogP contribution is -2.11. The molecule has 0 unspecified atom stereocenters. The van der Waals surface area contributed by atoms with E-state index in [1.165, 1.54) is 4.70 Å². The Bertz CT molecular complexity index is 710. The normalized spacial score (nSPS) is 12.1. The highest BCUT2D eigenvalue weighted by molar-refractivity contribution is 7.97. The minimum Gasteiger partial charge on any atom is -0.424 e. The number of rotatable bonds is 4. The molecular weight excluding hydrogens is 302 g/mol. The second-order valence-corrected chi connectivity index (χ2v) is 7.92. The molecule has 4 nitrogen and oxygen atoms in total. The van der Waals surface area contributed by atoms with Crippen LogP contribution in [0, 0.1) is 0 Å². The predicted molar refractivity (Wildman–Crippen MR) is 87.6 cm³/mol. The molecule has 1 aromatic carbocycles. The van der Waals surface area contributed by atoms with Crippen LogP contribution in [0.4, 0.5) is 0 Å². The molecule has 0 radical (unpaired) electrons. The molecule has 110 valence electrons. The van der Waals surface area contributed by atoms with E-state index in [4.69, 9.17) is 4.42 Å². The number of hydrogen-bond donors (Lipinski definition) is 0. The molecule has 0 saturated heterocycles. The van der Waals surface area contributed by atoms with Gasteiger partial charge in [0.1, 0.15) is 5.01 Å². The predicted octanol–water partition coefficient (Wildman–Crippen LogP) is 4.41. The van der Waals surface area contributed by atoms with Crippen LogP contribution in [0.1, 0.15) is 37.6 Å². The minimum absolute atomic E-state index is 0.0943. The van der Waals surface area contributed by atoms with Gasteiger partial charge in [-0.3, -0.25) is 0 Å². The third-order valence-corrected chi connectivity index (χ3v) is 5.05. The lowest BCUT2D eigenvalue weighted by Gasteiger charge is -2.10. The van der Waals surface area contributed by atoms with Gasteiger partial charge in [-0.05, 0) is 12.1 Å². The van der Waals surface area contributed by atoms with Crippen molar-refractivity contribution in [2.75, 3.05) is 0 Å². The topological polar surface area (TPSA) is 51.8 Å². The second-order valence-electron chi connectivity index (χ2n) is 5.82. The fraction of sp³-hybridized carbons (Fsp3) is 0.400. The molecule has 0 aliphatic rings. The SMILES string of the molecule is CC(C)(C)c1nnc(CSCc2nc3ccccc3s2)o1. The Labute approximate surface area is 132 Å². The molecule has 21 heavy (non-hydrogen) atoms. The molecular formula is C15H17N3OS2. The van der Waals surface area contributed by atoms with Crippen molar-refractivity contribution < 1.29 is 4.42 Å². The molecule has 0 amide bonds. The fourth-order valence-electron chi connectivity index (χ4n) is 1.82. The van der Waals surface area contributed by atoms with Crippen molar-refractivity contribution in [3.8, 4) is 0 Å². The molecule has 0 aliphatic heterocycles. The van der Waals surface area contributed by atoms with Crippen LogP contribution in [-0.4, -0.2) is 15.2 Å². The van der Waals surface area contributed by atoms with Crippen LogP contribution in [0.25, 0.3) is 10.2 Å². The van der Waals surface area contributed by atoms with E-state index in [0.29, 0.717) is 11.8 Å². The Morgan fingerprint density at radius 1 is 1.14 bits per heavy atom. The van der Waals surface area contributed by atoms with Crippen LogP contribution < -0.4 is 0 Å². The van der Waals surface area contributed by atoms with Crippen molar-refractivity contribution in [1.29, 1.82) is 0 Å². The molecule has 0 fully saturated rings. The zero-order valence-corrected chi connectivity index (χ0v) is 13.9. The molecule has 2 heterocycles. The van der Waals surface area contributed by atoms with E-state index in [-0.39, 0.29) is 5.41 Å². The number of fused-ring (bicyclic) bond motifs is 1. The summed E-state index contributed by atoms with van der Waals surface area (Å²) in [4.78, 5) is 4.62. The maximum Gasteiger partial charge on any atom is 0.226 e. The van der Waals surface area contributed by atoms with Crippen LogP contribution >= 0.6 is 23.1 Å². The maximum atomic E-state index is 5.68. The highest BCUT2D eigenvalue weighted by atomic mass is 32.2. The quantitative estimate of drug-likeness (QED) is 0.713. The highest BCUT2D eigenvalue weighted by Crippen LogP contribution is 2.27. The van der Waals surface area contributed by atoms with Crippen LogP contribution in [0.2, 0.25) is 0 Å². The summed E-state index contributed by atoms with van der Waals surface area (Å²) in [6.07, 6.45) is 0. The van der Waals surface area contributed by atoms with Gasteiger partial charge in [-0.2, -0.15) is 0 Å². The van der Waals surface area contributed by atoms with Gasteiger partial charge < -0.3 is 4.42 Å². The lowest BCUT2D eigenvalue weighted by atomic mass is 9.97. The first kappa shape index (κ1) is 14.5. The highest BCUT2D eigenvalue weighted by Gasteiger charge is 2.21. The van der Waals surface area contributed by atoms with Gasteiger partial charge in [-0.1, -0.05) is 32.9 Å². The van der Waals surface area contributed by atoms with Crippen molar-refractivity contribution >= 4 is 33.3 Å². The number of aromatic nitrogens is 3. The van der Waals surface area contributed by atoms with E-state index < -0.39 is 0 Å². The van der Waals surface area contributed by atoms with Gasteiger partial charge in [-0.15, -0.1) is 33.3 Å². The van der Waals surface area contributed by atoms with Gasteiger partial charge >= 0.3 is 0 Å². The Morgan fingerprint density at radius 3 is 2.67 bits per heavy atom. The first-order chi connectivity index (χ1) is 10.0. The first-order valence-corrected chi connectivity index (χ1v) is 8.74. The maximum absolute atomic E-state index is 5.68. The zero-order valence-electron chi connectivity index (χ0n) is 12.3. The van der Waals surface area contributed by atoms with Crippen molar-refractivity contribution in [3.05, 3.63) is 41.1 Å². The summed E-state index contributed by atoms with van der Waals surface area (Å²) in [5, 5.41) is 9.34. The first-order valence-electron chi connectivity index (χ1n) is 6.77. The molecule has 2 aromatic heterocycles. The van der Waals surface area contributed by atoms with E-state index >= 15 is 0 Å². The Hall–Kier alpha value is -1.40. The van der Waals surface area contributed by atoms with E-state index in [1.54, 1.807) is 23.1 Å².